The standard InChI is InChI=1S/C7H5FNO/c8-7(5-10)6-2-1-3-9-4-6/h1-4,7H. The van der Waals surface area contributed by atoms with Crippen LogP contribution in [0.2, 0.25) is 0 Å². The van der Waals surface area contributed by atoms with Crippen LogP contribution in [-0.2, 0) is 4.79 Å². The summed E-state index contributed by atoms with van der Waals surface area (Å²) in [6, 6.07) is 3.06. The van der Waals surface area contributed by atoms with Gasteiger partial charge in [-0.25, -0.2) is 4.39 Å². The molecule has 0 aliphatic rings. The van der Waals surface area contributed by atoms with Crippen LogP contribution in [0.25, 0.3) is 0 Å². The quantitative estimate of drug-likeness (QED) is 0.614. The summed E-state index contributed by atoms with van der Waals surface area (Å²) in [5, 5.41) is 0. The van der Waals surface area contributed by atoms with Crippen LogP contribution in [0.4, 0.5) is 4.39 Å². The molecule has 3 heteroatoms. The van der Waals surface area contributed by atoms with Gasteiger partial charge in [0.25, 0.3) is 0 Å². The second-order valence-corrected chi connectivity index (χ2v) is 1.77. The molecule has 10 heavy (non-hydrogen) atoms. The summed E-state index contributed by atoms with van der Waals surface area (Å²) in [6.45, 7) is 0. The Morgan fingerprint density at radius 1 is 1.70 bits per heavy atom. The van der Waals surface area contributed by atoms with E-state index < -0.39 is 6.17 Å². The molecule has 0 amide bonds. The SMILES string of the molecule is O=[C]C(F)c1cccnc1. The number of hydrogen-bond acceptors (Lipinski definition) is 2. The molecule has 1 heterocycles. The summed E-state index contributed by atoms with van der Waals surface area (Å²) in [4.78, 5) is 13.4. The monoisotopic (exact) mass is 138 g/mol. The zero-order valence-electron chi connectivity index (χ0n) is 5.12. The zero-order valence-corrected chi connectivity index (χ0v) is 5.12. The van der Waals surface area contributed by atoms with Crippen molar-refractivity contribution in [2.45, 2.75) is 6.17 Å². The molecular formula is C7H5FNO. The molecular weight excluding hydrogens is 133 g/mol. The van der Waals surface area contributed by atoms with E-state index >= 15 is 0 Å². The summed E-state index contributed by atoms with van der Waals surface area (Å²) >= 11 is 0. The molecule has 1 atom stereocenters. The van der Waals surface area contributed by atoms with E-state index in [2.05, 4.69) is 4.98 Å². The van der Waals surface area contributed by atoms with Gasteiger partial charge in [0, 0.05) is 18.0 Å². The highest BCUT2D eigenvalue weighted by molar-refractivity contribution is 5.59. The fourth-order valence-electron chi connectivity index (χ4n) is 0.594. The predicted molar refractivity (Wildman–Crippen MR) is 33.8 cm³/mol. The molecule has 1 radical (unpaired) electrons. The van der Waals surface area contributed by atoms with Gasteiger partial charge in [-0.2, -0.15) is 0 Å². The molecule has 1 aromatic heterocycles. The van der Waals surface area contributed by atoms with E-state index in [9.17, 15) is 9.18 Å². The van der Waals surface area contributed by atoms with E-state index in [-0.39, 0.29) is 5.56 Å². The van der Waals surface area contributed by atoms with Crippen molar-refractivity contribution >= 4 is 6.29 Å². The molecule has 0 aliphatic carbocycles. The van der Waals surface area contributed by atoms with Gasteiger partial charge in [0.05, 0.1) is 0 Å². The van der Waals surface area contributed by atoms with E-state index in [1.807, 2.05) is 0 Å². The van der Waals surface area contributed by atoms with E-state index in [0.717, 1.165) is 0 Å². The van der Waals surface area contributed by atoms with Crippen molar-refractivity contribution in [3.63, 3.8) is 0 Å². The van der Waals surface area contributed by atoms with E-state index in [0.29, 0.717) is 0 Å². The Morgan fingerprint density at radius 3 is 3.00 bits per heavy atom. The Balaban J connectivity index is 2.84. The van der Waals surface area contributed by atoms with Crippen LogP contribution in [0.15, 0.2) is 24.5 Å². The number of halogens is 1. The molecule has 0 aliphatic heterocycles. The van der Waals surface area contributed by atoms with Gasteiger partial charge < -0.3 is 0 Å². The predicted octanol–water partition coefficient (Wildman–Crippen LogP) is 1.20. The fourth-order valence-corrected chi connectivity index (χ4v) is 0.594. The molecule has 0 saturated heterocycles. The van der Waals surface area contributed by atoms with Crippen LogP contribution in [0, 0.1) is 0 Å². The van der Waals surface area contributed by atoms with Crippen LogP contribution < -0.4 is 0 Å². The number of aromatic nitrogens is 1. The molecule has 0 spiro atoms. The minimum Gasteiger partial charge on any atom is -0.287 e. The zero-order chi connectivity index (χ0) is 7.40. The summed E-state index contributed by atoms with van der Waals surface area (Å²) < 4.78 is 12.4. The first-order chi connectivity index (χ1) is 4.84. The number of carbonyl (C=O) groups excluding carboxylic acids is 1. The first-order valence-electron chi connectivity index (χ1n) is 2.76. The normalized spacial score (nSPS) is 12.5. The van der Waals surface area contributed by atoms with Crippen molar-refractivity contribution in [2.75, 3.05) is 0 Å². The van der Waals surface area contributed by atoms with E-state index in [1.54, 1.807) is 6.07 Å². The van der Waals surface area contributed by atoms with Gasteiger partial charge in [0.1, 0.15) is 0 Å². The smallest absolute Gasteiger partial charge is 0.240 e. The molecule has 1 aromatic rings. The molecule has 2 nitrogen and oxygen atoms in total. The third kappa shape index (κ3) is 1.37. The largest absolute Gasteiger partial charge is 0.287 e. The van der Waals surface area contributed by atoms with Crippen LogP contribution in [0.5, 0.6) is 0 Å². The number of nitrogens with zero attached hydrogens (tertiary/aromatic N) is 1. The summed E-state index contributed by atoms with van der Waals surface area (Å²) in [5.74, 6) is 0. The molecule has 0 fully saturated rings. The number of pyridine rings is 1. The van der Waals surface area contributed by atoms with Crippen molar-refractivity contribution in [2.24, 2.45) is 0 Å². The lowest BCUT2D eigenvalue weighted by Crippen LogP contribution is -1.91. The Bertz CT molecular complexity index is 212. The minimum atomic E-state index is -1.66. The van der Waals surface area contributed by atoms with Gasteiger partial charge >= 0.3 is 0 Å². The number of hydrogen-bond donors (Lipinski definition) is 0. The molecule has 0 saturated carbocycles. The van der Waals surface area contributed by atoms with Gasteiger partial charge in [-0.15, -0.1) is 0 Å². The second-order valence-electron chi connectivity index (χ2n) is 1.77. The van der Waals surface area contributed by atoms with Crippen LogP contribution in [-0.4, -0.2) is 11.3 Å². The summed E-state index contributed by atoms with van der Waals surface area (Å²) in [6.07, 6.45) is 2.38. The highest BCUT2D eigenvalue weighted by Crippen LogP contribution is 2.11. The third-order valence-corrected chi connectivity index (χ3v) is 1.08. The average molecular weight is 138 g/mol. The maximum Gasteiger partial charge on any atom is 0.240 e. The molecule has 0 N–H and O–H groups in total. The summed E-state index contributed by atoms with van der Waals surface area (Å²) in [7, 11) is 0. The molecule has 1 rings (SSSR count). The first kappa shape index (κ1) is 6.86. The van der Waals surface area contributed by atoms with Crippen LogP contribution >= 0.6 is 0 Å². The lowest BCUT2D eigenvalue weighted by molar-refractivity contribution is 0.409. The minimum absolute atomic E-state index is 0.248. The van der Waals surface area contributed by atoms with Crippen LogP contribution in [0.3, 0.4) is 0 Å². The van der Waals surface area contributed by atoms with Crippen molar-refractivity contribution in [1.82, 2.24) is 4.98 Å². The Hall–Kier alpha value is -1.25. The first-order valence-corrected chi connectivity index (χ1v) is 2.76. The molecule has 1 unspecified atom stereocenters. The molecule has 0 aromatic carbocycles. The van der Waals surface area contributed by atoms with E-state index in [4.69, 9.17) is 0 Å². The number of rotatable bonds is 2. The number of alkyl halides is 1. The lowest BCUT2D eigenvalue weighted by Gasteiger charge is -1.95. The van der Waals surface area contributed by atoms with Gasteiger partial charge in [-0.05, 0) is 6.07 Å². The topological polar surface area (TPSA) is 30.0 Å². The van der Waals surface area contributed by atoms with Crippen molar-refractivity contribution < 1.29 is 9.18 Å². The fraction of sp³-hybridized carbons (Fsp3) is 0.143. The van der Waals surface area contributed by atoms with Gasteiger partial charge in [-0.1, -0.05) is 6.07 Å². The van der Waals surface area contributed by atoms with Crippen molar-refractivity contribution in [3.05, 3.63) is 30.1 Å². The maximum atomic E-state index is 12.4. The maximum absolute atomic E-state index is 12.4. The third-order valence-electron chi connectivity index (χ3n) is 1.08. The Kier molecular flexibility index (Phi) is 2.10. The Morgan fingerprint density at radius 2 is 2.50 bits per heavy atom. The van der Waals surface area contributed by atoms with E-state index in [1.165, 1.54) is 24.7 Å². The van der Waals surface area contributed by atoms with Gasteiger partial charge in [-0.3, -0.25) is 9.78 Å². The van der Waals surface area contributed by atoms with Gasteiger partial charge in [0.2, 0.25) is 6.29 Å². The molecule has 0 bridgehead atoms. The highest BCUT2D eigenvalue weighted by Gasteiger charge is 2.06. The average Bonchev–Trinajstić information content (AvgIpc) is 2.05. The summed E-state index contributed by atoms with van der Waals surface area (Å²) in [5.41, 5.74) is 0.248. The second kappa shape index (κ2) is 3.06. The van der Waals surface area contributed by atoms with Crippen LogP contribution in [0.1, 0.15) is 11.7 Å². The lowest BCUT2D eigenvalue weighted by atomic mass is 10.2. The Labute approximate surface area is 57.7 Å². The van der Waals surface area contributed by atoms with Crippen molar-refractivity contribution in [3.8, 4) is 0 Å². The van der Waals surface area contributed by atoms with Gasteiger partial charge in [0.15, 0.2) is 6.17 Å². The van der Waals surface area contributed by atoms with Crippen molar-refractivity contribution in [1.29, 1.82) is 0 Å². The molecule has 51 valence electrons. The highest BCUT2D eigenvalue weighted by atomic mass is 19.1.